The van der Waals surface area contributed by atoms with E-state index in [2.05, 4.69) is 10.3 Å². The second kappa shape index (κ2) is 6.18. The average Bonchev–Trinajstić information content (AvgIpc) is 2.28. The predicted molar refractivity (Wildman–Crippen MR) is 60.1 cm³/mol. The van der Waals surface area contributed by atoms with Crippen molar-refractivity contribution in [2.45, 2.75) is 0 Å². The van der Waals surface area contributed by atoms with E-state index in [4.69, 9.17) is 10.2 Å². The van der Waals surface area contributed by atoms with Crippen LogP contribution in [0.4, 0.5) is 10.5 Å². The predicted octanol–water partition coefficient (Wildman–Crippen LogP) is 0.0847. The Morgan fingerprint density at radius 2 is 1.83 bits per heavy atom. The summed E-state index contributed by atoms with van der Waals surface area (Å²) in [7, 11) is 0. The zero-order valence-electron chi connectivity index (χ0n) is 9.24. The highest BCUT2D eigenvalue weighted by molar-refractivity contribution is 5.93. The third-order valence-electron chi connectivity index (χ3n) is 1.85. The lowest BCUT2D eigenvalue weighted by atomic mass is 10.4. The number of pyridine rings is 1. The van der Waals surface area contributed by atoms with E-state index in [0.717, 1.165) is 0 Å². The Hall–Kier alpha value is -2.64. The second-order valence-electron chi connectivity index (χ2n) is 3.32. The molecule has 1 aromatic rings. The Balaban J connectivity index is 2.69. The molecule has 0 aliphatic carbocycles. The number of aliphatic carboxylic acids is 2. The summed E-state index contributed by atoms with van der Waals surface area (Å²) in [6, 6.07) is 2.31. The van der Waals surface area contributed by atoms with Crippen LogP contribution in [-0.4, -0.2) is 51.2 Å². The first-order chi connectivity index (χ1) is 8.49. The number of anilines is 1. The number of hydrogen-bond donors (Lipinski definition) is 3. The molecule has 0 spiro atoms. The minimum absolute atomic E-state index is 0.350. The molecule has 0 fully saturated rings. The van der Waals surface area contributed by atoms with Crippen LogP contribution >= 0.6 is 0 Å². The van der Waals surface area contributed by atoms with Crippen molar-refractivity contribution >= 4 is 23.7 Å². The fourth-order valence-corrected chi connectivity index (χ4v) is 1.17. The van der Waals surface area contributed by atoms with Crippen LogP contribution in [0.5, 0.6) is 0 Å². The van der Waals surface area contributed by atoms with Gasteiger partial charge in [0.25, 0.3) is 0 Å². The molecule has 0 aromatic carbocycles. The second-order valence-corrected chi connectivity index (χ2v) is 3.32. The van der Waals surface area contributed by atoms with Crippen LogP contribution in [0.15, 0.2) is 24.5 Å². The van der Waals surface area contributed by atoms with Crippen LogP contribution in [0.25, 0.3) is 0 Å². The maximum Gasteiger partial charge on any atom is 0.323 e. The number of rotatable bonds is 5. The summed E-state index contributed by atoms with van der Waals surface area (Å²) in [5.41, 5.74) is 0.350. The highest BCUT2D eigenvalue weighted by Crippen LogP contribution is 2.04. The van der Waals surface area contributed by atoms with Gasteiger partial charge in [0.2, 0.25) is 0 Å². The number of carbonyl (C=O) groups is 3. The van der Waals surface area contributed by atoms with Crippen LogP contribution < -0.4 is 5.32 Å². The van der Waals surface area contributed by atoms with Crippen LogP contribution in [0.2, 0.25) is 0 Å². The summed E-state index contributed by atoms with van der Waals surface area (Å²) in [6.45, 7) is -1.39. The molecule has 2 amide bonds. The van der Waals surface area contributed by atoms with Gasteiger partial charge in [-0.3, -0.25) is 14.6 Å². The molecule has 8 nitrogen and oxygen atoms in total. The Labute approximate surface area is 102 Å². The minimum Gasteiger partial charge on any atom is -0.480 e. The van der Waals surface area contributed by atoms with Gasteiger partial charge in [-0.15, -0.1) is 0 Å². The van der Waals surface area contributed by atoms with Gasteiger partial charge >= 0.3 is 18.0 Å². The van der Waals surface area contributed by atoms with Crippen molar-refractivity contribution in [3.8, 4) is 0 Å². The summed E-state index contributed by atoms with van der Waals surface area (Å²) in [5, 5.41) is 19.5. The lowest BCUT2D eigenvalue weighted by Gasteiger charge is -2.18. The van der Waals surface area contributed by atoms with E-state index < -0.39 is 31.1 Å². The highest BCUT2D eigenvalue weighted by atomic mass is 16.4. The van der Waals surface area contributed by atoms with Crippen molar-refractivity contribution in [3.05, 3.63) is 24.5 Å². The molecule has 18 heavy (non-hydrogen) atoms. The number of urea groups is 1. The first-order valence-electron chi connectivity index (χ1n) is 4.88. The maximum atomic E-state index is 11.6. The van der Waals surface area contributed by atoms with Crippen LogP contribution in [-0.2, 0) is 9.59 Å². The minimum atomic E-state index is -1.29. The lowest BCUT2D eigenvalue weighted by Crippen LogP contribution is -2.41. The van der Waals surface area contributed by atoms with E-state index in [-0.39, 0.29) is 0 Å². The molecule has 3 N–H and O–H groups in total. The summed E-state index contributed by atoms with van der Waals surface area (Å²) >= 11 is 0. The quantitative estimate of drug-likeness (QED) is 0.683. The molecule has 1 heterocycles. The summed E-state index contributed by atoms with van der Waals surface area (Å²) in [6.07, 6.45) is 2.86. The van der Waals surface area contributed by atoms with Gasteiger partial charge in [-0.25, -0.2) is 4.79 Å². The monoisotopic (exact) mass is 253 g/mol. The molecule has 0 aliphatic rings. The Morgan fingerprint density at radius 3 is 2.28 bits per heavy atom. The van der Waals surface area contributed by atoms with Crippen LogP contribution in [0.1, 0.15) is 0 Å². The van der Waals surface area contributed by atoms with Gasteiger partial charge in [-0.1, -0.05) is 0 Å². The Bertz CT molecular complexity index is 432. The first-order valence-corrected chi connectivity index (χ1v) is 4.88. The SMILES string of the molecule is O=C(O)CN(CC(=O)O)C(=O)Nc1cccnc1. The number of carboxylic acids is 2. The van der Waals surface area contributed by atoms with Gasteiger partial charge in [-0.2, -0.15) is 0 Å². The van der Waals surface area contributed by atoms with E-state index >= 15 is 0 Å². The number of carboxylic acid groups (broad SMARTS) is 2. The largest absolute Gasteiger partial charge is 0.480 e. The van der Waals surface area contributed by atoms with Crippen molar-refractivity contribution in [1.82, 2.24) is 9.88 Å². The molecule has 1 rings (SSSR count). The fourth-order valence-electron chi connectivity index (χ4n) is 1.17. The summed E-state index contributed by atoms with van der Waals surface area (Å²) in [5.74, 6) is -2.59. The van der Waals surface area contributed by atoms with E-state index in [1.54, 1.807) is 12.1 Å². The van der Waals surface area contributed by atoms with E-state index in [1.807, 2.05) is 0 Å². The topological polar surface area (TPSA) is 120 Å². The van der Waals surface area contributed by atoms with Crippen LogP contribution in [0, 0.1) is 0 Å². The standard InChI is InChI=1S/C10H11N3O5/c14-8(15)5-13(6-9(16)17)10(18)12-7-2-1-3-11-4-7/h1-4H,5-6H2,(H,12,18)(H,14,15)(H,16,17). The van der Waals surface area contributed by atoms with Gasteiger partial charge in [0.15, 0.2) is 0 Å². The molecule has 0 aliphatic heterocycles. The number of amides is 2. The fraction of sp³-hybridized carbons (Fsp3) is 0.200. The van der Waals surface area contributed by atoms with Crippen molar-refractivity contribution in [1.29, 1.82) is 0 Å². The number of nitrogens with zero attached hydrogens (tertiary/aromatic N) is 2. The average molecular weight is 253 g/mol. The zero-order valence-corrected chi connectivity index (χ0v) is 9.24. The summed E-state index contributed by atoms with van der Waals surface area (Å²) in [4.78, 5) is 37.1. The third-order valence-corrected chi connectivity index (χ3v) is 1.85. The molecule has 0 radical (unpaired) electrons. The van der Waals surface area contributed by atoms with Crippen LogP contribution in [0.3, 0.4) is 0 Å². The van der Waals surface area contributed by atoms with Gasteiger partial charge in [0.05, 0.1) is 11.9 Å². The normalized spacial score (nSPS) is 9.56. The van der Waals surface area contributed by atoms with Gasteiger partial charge in [-0.05, 0) is 12.1 Å². The van der Waals surface area contributed by atoms with E-state index in [0.29, 0.717) is 10.6 Å². The molecule has 1 aromatic heterocycles. The first kappa shape index (κ1) is 13.4. The number of hydrogen-bond acceptors (Lipinski definition) is 4. The van der Waals surface area contributed by atoms with Crippen molar-refractivity contribution in [2.75, 3.05) is 18.4 Å². The third kappa shape index (κ3) is 4.47. The highest BCUT2D eigenvalue weighted by Gasteiger charge is 2.19. The molecular weight excluding hydrogens is 242 g/mol. The van der Waals surface area contributed by atoms with Gasteiger partial charge in [0, 0.05) is 6.20 Å². The molecule has 0 saturated carbocycles. The molecule has 0 atom stereocenters. The Morgan fingerprint density at radius 1 is 1.22 bits per heavy atom. The molecule has 8 heteroatoms. The van der Waals surface area contributed by atoms with E-state index in [9.17, 15) is 14.4 Å². The summed E-state index contributed by atoms with van der Waals surface area (Å²) < 4.78 is 0. The van der Waals surface area contributed by atoms with Crippen molar-refractivity contribution in [3.63, 3.8) is 0 Å². The molecular formula is C10H11N3O5. The number of nitrogens with one attached hydrogen (secondary N) is 1. The van der Waals surface area contributed by atoms with Gasteiger partial charge in [0.1, 0.15) is 13.1 Å². The molecule has 0 bridgehead atoms. The van der Waals surface area contributed by atoms with E-state index in [1.165, 1.54) is 12.4 Å². The smallest absolute Gasteiger partial charge is 0.323 e. The van der Waals surface area contributed by atoms with Crippen molar-refractivity contribution < 1.29 is 24.6 Å². The van der Waals surface area contributed by atoms with Crippen molar-refractivity contribution in [2.24, 2.45) is 0 Å². The maximum absolute atomic E-state index is 11.6. The number of aromatic nitrogens is 1. The molecule has 0 unspecified atom stereocenters. The lowest BCUT2D eigenvalue weighted by molar-refractivity contribution is -0.140. The molecule has 0 saturated heterocycles. The molecule has 96 valence electrons. The van der Waals surface area contributed by atoms with Gasteiger partial charge < -0.3 is 20.4 Å². The zero-order chi connectivity index (χ0) is 13.5. The number of carbonyl (C=O) groups excluding carboxylic acids is 1. The Kier molecular flexibility index (Phi) is 4.61.